The Balaban J connectivity index is 2.72. The normalized spacial score (nSPS) is 12.7. The van der Waals surface area contributed by atoms with E-state index in [9.17, 15) is 19.5 Å². The number of hydrogen-bond donors (Lipinski definition) is 1. The summed E-state index contributed by atoms with van der Waals surface area (Å²) in [5.41, 5.74) is -0.736. The Hall–Kier alpha value is -2.16. The van der Waals surface area contributed by atoms with Gasteiger partial charge in [0.05, 0.1) is 0 Å². The average Bonchev–Trinajstić information content (AvgIpc) is 2.60. The molecule has 1 atom stereocenters. The van der Waals surface area contributed by atoms with Crippen LogP contribution in [-0.4, -0.2) is 35.4 Å². The Kier molecular flexibility index (Phi) is 6.80. The summed E-state index contributed by atoms with van der Waals surface area (Å²) in [6, 6.07) is 0. The third-order valence-corrected chi connectivity index (χ3v) is 5.49. The first-order valence-corrected chi connectivity index (χ1v) is 9.91. The van der Waals surface area contributed by atoms with Gasteiger partial charge in [0.1, 0.15) is 21.5 Å². The molecule has 0 aliphatic rings. The molecule has 2 heterocycles. The zero-order chi connectivity index (χ0) is 20.3. The van der Waals surface area contributed by atoms with Gasteiger partial charge in [0.2, 0.25) is 0 Å². The maximum absolute atomic E-state index is 12.7. The zero-order valence-electron chi connectivity index (χ0n) is 16.4. The van der Waals surface area contributed by atoms with Crippen LogP contribution in [0.15, 0.2) is 14.6 Å². The number of aromatic nitrogens is 4. The van der Waals surface area contributed by atoms with E-state index < -0.39 is 22.5 Å². The Morgan fingerprint density at radius 3 is 2.41 bits per heavy atom. The third kappa shape index (κ3) is 4.58. The van der Waals surface area contributed by atoms with Crippen LogP contribution in [0.3, 0.4) is 0 Å². The van der Waals surface area contributed by atoms with Gasteiger partial charge in [0, 0.05) is 20.5 Å². The zero-order valence-corrected chi connectivity index (χ0v) is 17.2. The molecule has 0 saturated heterocycles. The molecule has 0 radical (unpaired) electrons. The van der Waals surface area contributed by atoms with Crippen molar-refractivity contribution in [2.45, 2.75) is 56.7 Å². The molecule has 27 heavy (non-hydrogen) atoms. The van der Waals surface area contributed by atoms with Gasteiger partial charge in [-0.15, -0.1) is 0 Å². The van der Waals surface area contributed by atoms with E-state index in [0.29, 0.717) is 23.7 Å². The standard InChI is InChI=1S/C18H26N4O4S/c1-6-7-8-11(17(24)25)27-15-13-14(19-12(20-15)9-10(2)3)21(4)18(26)22(5)16(13)23/h10-11H,6-9H2,1-5H3,(H,24,25)/t11-/m0/s1. The number of carbonyl (C=O) groups is 1. The van der Waals surface area contributed by atoms with Crippen LogP contribution in [0.5, 0.6) is 0 Å². The second kappa shape index (κ2) is 8.69. The first-order valence-electron chi connectivity index (χ1n) is 9.03. The summed E-state index contributed by atoms with van der Waals surface area (Å²) in [6.45, 7) is 6.03. The van der Waals surface area contributed by atoms with Crippen molar-refractivity contribution in [1.82, 2.24) is 19.1 Å². The molecule has 1 N–H and O–H groups in total. The highest BCUT2D eigenvalue weighted by Gasteiger charge is 2.24. The van der Waals surface area contributed by atoms with Crippen molar-refractivity contribution in [2.75, 3.05) is 0 Å². The van der Waals surface area contributed by atoms with E-state index in [2.05, 4.69) is 9.97 Å². The minimum absolute atomic E-state index is 0.194. The van der Waals surface area contributed by atoms with Gasteiger partial charge >= 0.3 is 11.7 Å². The number of aryl methyl sites for hydroxylation is 1. The number of carboxylic acids is 1. The van der Waals surface area contributed by atoms with E-state index in [1.165, 1.54) is 11.6 Å². The second-order valence-corrected chi connectivity index (χ2v) is 8.23. The summed E-state index contributed by atoms with van der Waals surface area (Å²) in [4.78, 5) is 45.6. The van der Waals surface area contributed by atoms with Crippen molar-refractivity contribution < 1.29 is 9.90 Å². The van der Waals surface area contributed by atoms with Crippen LogP contribution < -0.4 is 11.2 Å². The topological polar surface area (TPSA) is 107 Å². The van der Waals surface area contributed by atoms with E-state index in [1.54, 1.807) is 7.05 Å². The number of hydrogen-bond acceptors (Lipinski definition) is 6. The maximum Gasteiger partial charge on any atom is 0.332 e. The van der Waals surface area contributed by atoms with Crippen molar-refractivity contribution in [3.63, 3.8) is 0 Å². The van der Waals surface area contributed by atoms with Crippen molar-refractivity contribution in [3.05, 3.63) is 26.7 Å². The molecular formula is C18H26N4O4S. The Morgan fingerprint density at radius 1 is 1.19 bits per heavy atom. The van der Waals surface area contributed by atoms with E-state index in [1.807, 2.05) is 20.8 Å². The molecule has 0 bridgehead atoms. The van der Waals surface area contributed by atoms with Crippen LogP contribution in [0, 0.1) is 5.92 Å². The van der Waals surface area contributed by atoms with Gasteiger partial charge in [-0.25, -0.2) is 14.8 Å². The maximum atomic E-state index is 12.7. The molecule has 0 saturated carbocycles. The van der Waals surface area contributed by atoms with Crippen LogP contribution in [0.2, 0.25) is 0 Å². The van der Waals surface area contributed by atoms with Gasteiger partial charge in [-0.1, -0.05) is 45.4 Å². The predicted molar refractivity (Wildman–Crippen MR) is 105 cm³/mol. The van der Waals surface area contributed by atoms with Gasteiger partial charge in [-0.2, -0.15) is 0 Å². The van der Waals surface area contributed by atoms with E-state index in [4.69, 9.17) is 0 Å². The molecule has 2 rings (SSSR count). The average molecular weight is 394 g/mol. The number of unbranched alkanes of at least 4 members (excludes halogenated alkanes) is 1. The van der Waals surface area contributed by atoms with Crippen molar-refractivity contribution in [1.29, 1.82) is 0 Å². The van der Waals surface area contributed by atoms with Gasteiger partial charge in [0.25, 0.3) is 5.56 Å². The summed E-state index contributed by atoms with van der Waals surface area (Å²) < 4.78 is 2.31. The van der Waals surface area contributed by atoms with E-state index in [-0.39, 0.29) is 17.0 Å². The molecule has 0 aliphatic carbocycles. The monoisotopic (exact) mass is 394 g/mol. The summed E-state index contributed by atoms with van der Waals surface area (Å²) in [6.07, 6.45) is 2.69. The number of aliphatic carboxylic acids is 1. The Morgan fingerprint density at radius 2 is 1.85 bits per heavy atom. The number of carboxylic acid groups (broad SMARTS) is 1. The SMILES string of the molecule is CCCC[C@H](Sc1nc(CC(C)C)nc2c1c(=O)n(C)c(=O)n2C)C(=O)O. The first kappa shape index (κ1) is 21.1. The first-order chi connectivity index (χ1) is 12.7. The van der Waals surface area contributed by atoms with Crippen molar-refractivity contribution >= 4 is 28.8 Å². The lowest BCUT2D eigenvalue weighted by atomic mass is 10.1. The highest BCUT2D eigenvalue weighted by atomic mass is 32.2. The minimum Gasteiger partial charge on any atom is -0.480 e. The number of thioether (sulfide) groups is 1. The van der Waals surface area contributed by atoms with Crippen LogP contribution in [0.4, 0.5) is 0 Å². The quantitative estimate of drug-likeness (QED) is 0.539. The number of fused-ring (bicyclic) bond motifs is 1. The molecule has 0 aliphatic heterocycles. The highest BCUT2D eigenvalue weighted by Crippen LogP contribution is 2.29. The van der Waals surface area contributed by atoms with Gasteiger partial charge < -0.3 is 5.11 Å². The molecule has 2 aromatic rings. The van der Waals surface area contributed by atoms with Crippen molar-refractivity contribution in [2.24, 2.45) is 20.0 Å². The molecule has 0 spiro atoms. The number of rotatable bonds is 8. The lowest BCUT2D eigenvalue weighted by Gasteiger charge is -2.15. The highest BCUT2D eigenvalue weighted by molar-refractivity contribution is 8.00. The molecule has 148 valence electrons. The smallest absolute Gasteiger partial charge is 0.332 e. The summed E-state index contributed by atoms with van der Waals surface area (Å²) in [5.74, 6) is -0.158. The molecule has 9 heteroatoms. The molecule has 2 aromatic heterocycles. The molecule has 0 unspecified atom stereocenters. The van der Waals surface area contributed by atoms with Gasteiger partial charge in [-0.05, 0) is 12.3 Å². The van der Waals surface area contributed by atoms with E-state index >= 15 is 0 Å². The van der Waals surface area contributed by atoms with E-state index in [0.717, 1.165) is 29.2 Å². The lowest BCUT2D eigenvalue weighted by molar-refractivity contribution is -0.136. The lowest BCUT2D eigenvalue weighted by Crippen LogP contribution is -2.38. The Bertz CT molecular complexity index is 964. The summed E-state index contributed by atoms with van der Waals surface area (Å²) >= 11 is 1.07. The van der Waals surface area contributed by atoms with Gasteiger partial charge in [0.15, 0.2) is 5.65 Å². The third-order valence-electron chi connectivity index (χ3n) is 4.25. The van der Waals surface area contributed by atoms with Crippen LogP contribution in [0.1, 0.15) is 45.9 Å². The summed E-state index contributed by atoms with van der Waals surface area (Å²) in [7, 11) is 2.95. The summed E-state index contributed by atoms with van der Waals surface area (Å²) in [5, 5.41) is 9.38. The fourth-order valence-corrected chi connectivity index (χ4v) is 3.88. The minimum atomic E-state index is -0.938. The second-order valence-electron chi connectivity index (χ2n) is 7.03. The molecule has 0 amide bonds. The molecule has 8 nitrogen and oxygen atoms in total. The van der Waals surface area contributed by atoms with Crippen LogP contribution in [-0.2, 0) is 25.3 Å². The number of nitrogens with zero attached hydrogens (tertiary/aromatic N) is 4. The fourth-order valence-electron chi connectivity index (χ4n) is 2.77. The molecule has 0 fully saturated rings. The van der Waals surface area contributed by atoms with Crippen LogP contribution in [0.25, 0.3) is 11.0 Å². The largest absolute Gasteiger partial charge is 0.480 e. The molecule has 0 aromatic carbocycles. The van der Waals surface area contributed by atoms with Crippen molar-refractivity contribution in [3.8, 4) is 0 Å². The van der Waals surface area contributed by atoms with Crippen LogP contribution >= 0.6 is 11.8 Å². The molecular weight excluding hydrogens is 368 g/mol. The fraction of sp³-hybridized carbons (Fsp3) is 0.611. The van der Waals surface area contributed by atoms with Gasteiger partial charge in [-0.3, -0.25) is 18.7 Å². The Labute approximate surface area is 161 Å². The predicted octanol–water partition coefficient (Wildman–Crippen LogP) is 1.96.